The van der Waals surface area contributed by atoms with Crippen LogP contribution in [0.25, 0.3) is 0 Å². The number of nitrogens with two attached hydrogens (primary N) is 1. The van der Waals surface area contributed by atoms with E-state index >= 15 is 0 Å². The van der Waals surface area contributed by atoms with Crippen LogP contribution in [-0.4, -0.2) is 60.5 Å². The van der Waals surface area contributed by atoms with E-state index < -0.39 is 45.1 Å². The molecule has 0 aromatic rings. The van der Waals surface area contributed by atoms with Gasteiger partial charge < -0.3 is 25.2 Å². The Morgan fingerprint density at radius 1 is 0.571 bits per heavy atom. The number of rotatable bonds is 39. The van der Waals surface area contributed by atoms with E-state index in [9.17, 15) is 19.0 Å². The molecule has 0 aliphatic rings. The Morgan fingerprint density at radius 2 is 0.939 bits per heavy atom. The minimum atomic E-state index is -4.60. The Hall–Kier alpha value is -1.03. The van der Waals surface area contributed by atoms with Crippen LogP contribution in [0.1, 0.15) is 194 Å². The smallest absolute Gasteiger partial charge is 0.472 e. The van der Waals surface area contributed by atoms with Gasteiger partial charge in [-0.2, -0.15) is 0 Å². The monoisotopic (exact) mass is 722 g/mol. The molecule has 0 amide bonds. The van der Waals surface area contributed by atoms with Gasteiger partial charge in [-0.25, -0.2) is 4.57 Å². The summed E-state index contributed by atoms with van der Waals surface area (Å²) in [5.41, 5.74) is 5.34. The summed E-state index contributed by atoms with van der Waals surface area (Å²) in [5, 5.41) is 8.87. The average molecular weight is 722 g/mol. The summed E-state index contributed by atoms with van der Waals surface area (Å²) in [6.07, 6.45) is 32.9. The van der Waals surface area contributed by atoms with E-state index in [1.165, 1.54) is 135 Å². The van der Waals surface area contributed by atoms with E-state index in [1.807, 2.05) is 0 Å². The van der Waals surface area contributed by atoms with E-state index in [0.717, 1.165) is 38.5 Å². The van der Waals surface area contributed by atoms with Crippen LogP contribution in [0.5, 0.6) is 0 Å². The number of hydrogen-bond donors (Lipinski definition) is 3. The fourth-order valence-corrected chi connectivity index (χ4v) is 6.50. The van der Waals surface area contributed by atoms with Crippen molar-refractivity contribution >= 4 is 19.8 Å². The average Bonchev–Trinajstić information content (AvgIpc) is 3.07. The van der Waals surface area contributed by atoms with Crippen molar-refractivity contribution in [2.45, 2.75) is 206 Å². The second-order valence-electron chi connectivity index (χ2n) is 13.8. The highest BCUT2D eigenvalue weighted by atomic mass is 31.2. The molecule has 0 aromatic carbocycles. The van der Waals surface area contributed by atoms with E-state index in [2.05, 4.69) is 13.8 Å². The first-order valence-electron chi connectivity index (χ1n) is 20.1. The molecule has 0 aromatic heterocycles. The Balaban J connectivity index is 4.24. The van der Waals surface area contributed by atoms with Crippen molar-refractivity contribution in [3.63, 3.8) is 0 Å². The van der Waals surface area contributed by atoms with Gasteiger partial charge in [0.15, 0.2) is 0 Å². The molecule has 0 aliphatic carbocycles. The van der Waals surface area contributed by atoms with Crippen molar-refractivity contribution in [3.8, 4) is 0 Å². The maximum atomic E-state index is 12.6. The number of aliphatic carboxylic acids is 1. The number of esters is 1. The molecule has 0 aliphatic heterocycles. The molecule has 0 fully saturated rings. The van der Waals surface area contributed by atoms with Crippen molar-refractivity contribution < 1.29 is 42.7 Å². The second-order valence-corrected chi connectivity index (χ2v) is 15.2. The van der Waals surface area contributed by atoms with E-state index in [1.54, 1.807) is 0 Å². The number of carbonyl (C=O) groups excluding carboxylic acids is 1. The molecule has 0 saturated carbocycles. The molecule has 49 heavy (non-hydrogen) atoms. The third-order valence-electron chi connectivity index (χ3n) is 8.89. The van der Waals surface area contributed by atoms with Gasteiger partial charge in [0.25, 0.3) is 0 Å². The van der Waals surface area contributed by atoms with Crippen molar-refractivity contribution in [2.24, 2.45) is 5.73 Å². The molecule has 0 heterocycles. The minimum absolute atomic E-state index is 0.0251. The first-order chi connectivity index (χ1) is 23.7. The lowest BCUT2D eigenvalue weighted by atomic mass is 10.0. The fourth-order valence-electron chi connectivity index (χ4n) is 5.72. The predicted molar refractivity (Wildman–Crippen MR) is 199 cm³/mol. The number of unbranched alkanes of at least 4 members (excludes halogenated alkanes) is 25. The highest BCUT2D eigenvalue weighted by molar-refractivity contribution is 7.47. The molecule has 3 atom stereocenters. The second kappa shape index (κ2) is 35.4. The lowest BCUT2D eigenvalue weighted by Crippen LogP contribution is -2.34. The van der Waals surface area contributed by atoms with Crippen LogP contribution in [0.15, 0.2) is 0 Å². The van der Waals surface area contributed by atoms with E-state index in [-0.39, 0.29) is 13.0 Å². The Kier molecular flexibility index (Phi) is 34.6. The lowest BCUT2D eigenvalue weighted by molar-refractivity contribution is -0.154. The van der Waals surface area contributed by atoms with Gasteiger partial charge in [-0.3, -0.25) is 18.6 Å². The summed E-state index contributed by atoms with van der Waals surface area (Å²) in [5.74, 6) is -1.77. The van der Waals surface area contributed by atoms with Crippen molar-refractivity contribution in [3.05, 3.63) is 0 Å². The number of ether oxygens (including phenoxy) is 2. The molecule has 0 bridgehead atoms. The van der Waals surface area contributed by atoms with Crippen LogP contribution in [0, 0.1) is 0 Å². The summed E-state index contributed by atoms with van der Waals surface area (Å²) >= 11 is 0. The lowest BCUT2D eigenvalue weighted by Gasteiger charge is -2.20. The number of hydrogen-bond acceptors (Lipinski definition) is 8. The Bertz CT molecular complexity index is 801. The molecule has 0 radical (unpaired) electrons. The molecule has 0 rings (SSSR count). The fraction of sp³-hybridized carbons (Fsp3) is 0.947. The first kappa shape index (κ1) is 48.0. The zero-order valence-corrected chi connectivity index (χ0v) is 32.5. The van der Waals surface area contributed by atoms with Crippen LogP contribution < -0.4 is 5.73 Å². The third kappa shape index (κ3) is 35.2. The van der Waals surface area contributed by atoms with E-state index in [4.69, 9.17) is 29.4 Å². The molecule has 11 heteroatoms. The molecule has 4 N–H and O–H groups in total. The van der Waals surface area contributed by atoms with Crippen LogP contribution in [0.4, 0.5) is 0 Å². The Morgan fingerprint density at radius 3 is 1.35 bits per heavy atom. The van der Waals surface area contributed by atoms with Crippen molar-refractivity contribution in [2.75, 3.05) is 26.4 Å². The zero-order valence-electron chi connectivity index (χ0n) is 31.6. The van der Waals surface area contributed by atoms with Crippen LogP contribution >= 0.6 is 7.82 Å². The molecular weight excluding hydrogens is 645 g/mol. The van der Waals surface area contributed by atoms with Crippen LogP contribution in [0.3, 0.4) is 0 Å². The molecular formula is C38H76NO9P. The van der Waals surface area contributed by atoms with Gasteiger partial charge >= 0.3 is 19.8 Å². The summed E-state index contributed by atoms with van der Waals surface area (Å²) in [6.45, 7) is 3.90. The summed E-state index contributed by atoms with van der Waals surface area (Å²) in [6, 6.07) is -1.47. The predicted octanol–water partition coefficient (Wildman–Crippen LogP) is 10.4. The largest absolute Gasteiger partial charge is 0.480 e. The number of phosphoric acid groups is 1. The number of carboxylic acids is 1. The summed E-state index contributed by atoms with van der Waals surface area (Å²) in [7, 11) is -4.60. The van der Waals surface area contributed by atoms with Gasteiger partial charge in [0, 0.05) is 13.0 Å². The molecule has 0 saturated heterocycles. The quantitative estimate of drug-likeness (QED) is 0.0317. The van der Waals surface area contributed by atoms with Gasteiger partial charge in [0.2, 0.25) is 0 Å². The van der Waals surface area contributed by atoms with Gasteiger partial charge in [0.05, 0.1) is 19.8 Å². The molecule has 3 unspecified atom stereocenters. The standard InChI is InChI=1S/C38H76NO9P/c1-3-5-7-9-11-13-15-17-18-19-20-22-24-26-28-30-37(40)48-35(33-46-49(43,44)47-34-36(39)38(41)42)32-45-31-29-27-25-23-21-16-14-12-10-8-6-4-2/h35-36H,3-34,39H2,1-2H3,(H,41,42)(H,43,44). The zero-order chi connectivity index (χ0) is 36.3. The van der Waals surface area contributed by atoms with Gasteiger partial charge in [0.1, 0.15) is 12.1 Å². The van der Waals surface area contributed by atoms with Crippen molar-refractivity contribution in [1.82, 2.24) is 0 Å². The highest BCUT2D eigenvalue weighted by Gasteiger charge is 2.27. The summed E-state index contributed by atoms with van der Waals surface area (Å²) in [4.78, 5) is 33.4. The van der Waals surface area contributed by atoms with Gasteiger partial charge in [-0.1, -0.05) is 174 Å². The maximum Gasteiger partial charge on any atom is 0.472 e. The Labute approximate surface area is 299 Å². The van der Waals surface area contributed by atoms with E-state index in [0.29, 0.717) is 6.61 Å². The molecule has 292 valence electrons. The van der Waals surface area contributed by atoms with Gasteiger partial charge in [-0.05, 0) is 12.8 Å². The van der Waals surface area contributed by atoms with Crippen LogP contribution in [0.2, 0.25) is 0 Å². The highest BCUT2D eigenvalue weighted by Crippen LogP contribution is 2.43. The molecule has 10 nitrogen and oxygen atoms in total. The number of phosphoric ester groups is 1. The molecule has 0 spiro atoms. The maximum absolute atomic E-state index is 12.6. The number of carbonyl (C=O) groups is 2. The summed E-state index contributed by atoms with van der Waals surface area (Å²) < 4.78 is 33.2. The minimum Gasteiger partial charge on any atom is -0.480 e. The topological polar surface area (TPSA) is 155 Å². The number of carboxylic acid groups (broad SMARTS) is 1. The normalized spacial score (nSPS) is 14.0. The third-order valence-corrected chi connectivity index (χ3v) is 9.84. The van der Waals surface area contributed by atoms with Crippen LogP contribution in [-0.2, 0) is 32.7 Å². The first-order valence-corrected chi connectivity index (χ1v) is 21.6. The van der Waals surface area contributed by atoms with Gasteiger partial charge in [-0.15, -0.1) is 0 Å². The SMILES string of the molecule is CCCCCCCCCCCCCCCCCC(=O)OC(COCCCCCCCCCCCCCC)COP(=O)(O)OCC(N)C(=O)O. The van der Waals surface area contributed by atoms with Crippen molar-refractivity contribution in [1.29, 1.82) is 0 Å².